The van der Waals surface area contributed by atoms with Crippen molar-refractivity contribution < 1.29 is 19.2 Å². The first-order valence-corrected chi connectivity index (χ1v) is 5.40. The first-order valence-electron chi connectivity index (χ1n) is 5.40. The van der Waals surface area contributed by atoms with E-state index < -0.39 is 10.8 Å². The van der Waals surface area contributed by atoms with E-state index in [1.54, 1.807) is 0 Å². The molecule has 1 aromatic carbocycles. The number of anilines is 1. The third-order valence-electron chi connectivity index (χ3n) is 2.57. The number of carbonyl (C=O) groups is 1. The quantitative estimate of drug-likeness (QED) is 0.623. The molecule has 2 heterocycles. The second-order valence-electron chi connectivity index (χ2n) is 3.77. The van der Waals surface area contributed by atoms with Gasteiger partial charge in [0.15, 0.2) is 11.5 Å². The molecule has 10 nitrogen and oxygen atoms in total. The lowest BCUT2D eigenvalue weighted by Crippen LogP contribution is -2.14. The molecule has 102 valence electrons. The van der Waals surface area contributed by atoms with Gasteiger partial charge in [-0.05, 0) is 0 Å². The second-order valence-corrected chi connectivity index (χ2v) is 3.77. The van der Waals surface area contributed by atoms with E-state index >= 15 is 0 Å². The van der Waals surface area contributed by atoms with Gasteiger partial charge in [0.1, 0.15) is 12.0 Å². The maximum absolute atomic E-state index is 11.8. The van der Waals surface area contributed by atoms with Gasteiger partial charge in [0, 0.05) is 6.07 Å². The summed E-state index contributed by atoms with van der Waals surface area (Å²) >= 11 is 0. The Kier molecular flexibility index (Phi) is 2.67. The fourth-order valence-corrected chi connectivity index (χ4v) is 1.68. The fourth-order valence-electron chi connectivity index (χ4n) is 1.68. The summed E-state index contributed by atoms with van der Waals surface area (Å²) in [7, 11) is 0. The van der Waals surface area contributed by atoms with Crippen LogP contribution in [-0.4, -0.2) is 32.8 Å². The van der Waals surface area contributed by atoms with Crippen molar-refractivity contribution in [3.8, 4) is 11.5 Å². The summed E-state index contributed by atoms with van der Waals surface area (Å²) in [5, 5.41) is 19.3. The third kappa shape index (κ3) is 1.98. The number of rotatable bonds is 3. The highest BCUT2D eigenvalue weighted by Crippen LogP contribution is 2.40. The van der Waals surface area contributed by atoms with E-state index in [0.29, 0.717) is 5.75 Å². The summed E-state index contributed by atoms with van der Waals surface area (Å²) in [6, 6.07) is 2.52. The molecule has 1 aliphatic rings. The van der Waals surface area contributed by atoms with Crippen LogP contribution in [0.15, 0.2) is 18.5 Å². The Labute approximate surface area is 110 Å². The van der Waals surface area contributed by atoms with Crippen LogP contribution in [0.1, 0.15) is 10.6 Å². The zero-order valence-electron chi connectivity index (χ0n) is 9.82. The highest BCUT2D eigenvalue weighted by atomic mass is 16.7. The molecule has 2 N–H and O–H groups in total. The number of aromatic amines is 1. The molecule has 0 bridgehead atoms. The number of amides is 1. The van der Waals surface area contributed by atoms with Crippen molar-refractivity contribution in [2.75, 3.05) is 12.1 Å². The van der Waals surface area contributed by atoms with Gasteiger partial charge in [-0.2, -0.15) is 5.10 Å². The van der Waals surface area contributed by atoms with E-state index in [-0.39, 0.29) is 29.7 Å². The third-order valence-corrected chi connectivity index (χ3v) is 2.57. The molecule has 3 rings (SSSR count). The van der Waals surface area contributed by atoms with E-state index in [9.17, 15) is 14.9 Å². The fraction of sp³-hybridized carbons (Fsp3) is 0.100. The number of H-pyrrole nitrogens is 1. The number of nitrogens with zero attached hydrogens (tertiary/aromatic N) is 3. The van der Waals surface area contributed by atoms with E-state index in [2.05, 4.69) is 20.5 Å². The number of aromatic nitrogens is 3. The largest absolute Gasteiger partial charge is 0.454 e. The van der Waals surface area contributed by atoms with Crippen molar-refractivity contribution in [2.24, 2.45) is 0 Å². The standard InChI is InChI=1S/C10H7N5O5/c16-10(9-11-3-12-14-9)13-5-1-7-8(20-4-19-7)2-6(5)15(17)18/h1-3H,4H2,(H,13,16)(H,11,12,14). The summed E-state index contributed by atoms with van der Waals surface area (Å²) in [6.45, 7) is -0.0218. The molecule has 1 aliphatic heterocycles. The topological polar surface area (TPSA) is 132 Å². The van der Waals surface area contributed by atoms with Gasteiger partial charge in [-0.1, -0.05) is 0 Å². The lowest BCUT2D eigenvalue weighted by molar-refractivity contribution is -0.384. The Bertz CT molecular complexity index is 684. The molecule has 0 fully saturated rings. The Morgan fingerprint density at radius 1 is 1.40 bits per heavy atom. The molecule has 0 atom stereocenters. The number of ether oxygens (including phenoxy) is 2. The zero-order valence-corrected chi connectivity index (χ0v) is 9.82. The smallest absolute Gasteiger partial charge is 0.296 e. The summed E-state index contributed by atoms with van der Waals surface area (Å²) < 4.78 is 10.2. The normalized spacial score (nSPS) is 12.2. The number of nitro groups is 1. The molecular formula is C10H7N5O5. The molecule has 0 spiro atoms. The SMILES string of the molecule is O=C(Nc1cc2c(cc1[N+](=O)[O-])OCO2)c1ncn[nH]1. The highest BCUT2D eigenvalue weighted by Gasteiger charge is 2.25. The van der Waals surface area contributed by atoms with Crippen molar-refractivity contribution in [2.45, 2.75) is 0 Å². The molecular weight excluding hydrogens is 270 g/mol. The van der Waals surface area contributed by atoms with Crippen molar-refractivity contribution in [1.82, 2.24) is 15.2 Å². The van der Waals surface area contributed by atoms with Crippen LogP contribution in [0.4, 0.5) is 11.4 Å². The monoisotopic (exact) mass is 277 g/mol. The molecule has 2 aromatic rings. The zero-order chi connectivity index (χ0) is 14.1. The molecule has 0 saturated heterocycles. The van der Waals surface area contributed by atoms with Crippen LogP contribution >= 0.6 is 0 Å². The number of hydrogen-bond acceptors (Lipinski definition) is 7. The van der Waals surface area contributed by atoms with Gasteiger partial charge >= 0.3 is 0 Å². The predicted molar refractivity (Wildman–Crippen MR) is 63.6 cm³/mol. The maximum atomic E-state index is 11.8. The molecule has 1 amide bonds. The van der Waals surface area contributed by atoms with Crippen LogP contribution in [0.2, 0.25) is 0 Å². The van der Waals surface area contributed by atoms with Crippen molar-refractivity contribution in [1.29, 1.82) is 0 Å². The van der Waals surface area contributed by atoms with Gasteiger partial charge in [0.05, 0.1) is 11.0 Å². The minimum Gasteiger partial charge on any atom is -0.454 e. The van der Waals surface area contributed by atoms with E-state index in [0.717, 1.165) is 6.33 Å². The van der Waals surface area contributed by atoms with Gasteiger partial charge in [-0.3, -0.25) is 20.0 Å². The molecule has 0 aliphatic carbocycles. The van der Waals surface area contributed by atoms with Crippen LogP contribution in [0.5, 0.6) is 11.5 Å². The number of nitro benzene ring substituents is 1. The number of hydrogen-bond donors (Lipinski definition) is 2. The Balaban J connectivity index is 1.96. The van der Waals surface area contributed by atoms with Crippen molar-refractivity contribution in [3.63, 3.8) is 0 Å². The minimum absolute atomic E-state index is 0.0133. The number of carbonyl (C=O) groups excluding carboxylic acids is 1. The number of fused-ring (bicyclic) bond motifs is 1. The van der Waals surface area contributed by atoms with E-state index in [1.165, 1.54) is 12.1 Å². The Hall–Kier alpha value is -3.17. The van der Waals surface area contributed by atoms with Gasteiger partial charge in [0.2, 0.25) is 12.6 Å². The predicted octanol–water partition coefficient (Wildman–Crippen LogP) is 0.694. The maximum Gasteiger partial charge on any atom is 0.296 e. The van der Waals surface area contributed by atoms with Crippen LogP contribution in [0.3, 0.4) is 0 Å². The molecule has 10 heteroatoms. The summed E-state index contributed by atoms with van der Waals surface area (Å²) in [6.07, 6.45) is 1.16. The second kappa shape index (κ2) is 4.50. The average Bonchev–Trinajstić information content (AvgIpc) is 3.08. The van der Waals surface area contributed by atoms with Gasteiger partial charge in [0.25, 0.3) is 11.6 Å². The Morgan fingerprint density at radius 3 is 2.80 bits per heavy atom. The van der Waals surface area contributed by atoms with Crippen LogP contribution in [-0.2, 0) is 0 Å². The van der Waals surface area contributed by atoms with Crippen molar-refractivity contribution >= 4 is 17.3 Å². The molecule has 0 unspecified atom stereocenters. The van der Waals surface area contributed by atoms with Crippen molar-refractivity contribution in [3.05, 3.63) is 34.4 Å². The lowest BCUT2D eigenvalue weighted by atomic mass is 10.2. The molecule has 1 aromatic heterocycles. The minimum atomic E-state index is -0.649. The van der Waals surface area contributed by atoms with Gasteiger partial charge in [-0.25, -0.2) is 4.98 Å². The first-order chi connectivity index (χ1) is 9.65. The highest BCUT2D eigenvalue weighted by molar-refractivity contribution is 6.03. The number of benzene rings is 1. The summed E-state index contributed by atoms with van der Waals surface area (Å²) in [4.78, 5) is 25.9. The number of nitrogens with one attached hydrogen (secondary N) is 2. The van der Waals surface area contributed by atoms with Gasteiger partial charge < -0.3 is 14.8 Å². The first kappa shape index (κ1) is 11.9. The summed E-state index contributed by atoms with van der Waals surface area (Å²) in [5.41, 5.74) is -0.317. The molecule has 0 saturated carbocycles. The molecule has 0 radical (unpaired) electrons. The van der Waals surface area contributed by atoms with E-state index in [4.69, 9.17) is 9.47 Å². The van der Waals surface area contributed by atoms with Gasteiger partial charge in [-0.15, -0.1) is 0 Å². The molecule has 20 heavy (non-hydrogen) atoms. The van der Waals surface area contributed by atoms with Crippen LogP contribution < -0.4 is 14.8 Å². The van der Waals surface area contributed by atoms with Crippen LogP contribution in [0.25, 0.3) is 0 Å². The van der Waals surface area contributed by atoms with E-state index in [1.807, 2.05) is 0 Å². The average molecular weight is 277 g/mol. The Morgan fingerprint density at radius 2 is 2.15 bits per heavy atom. The lowest BCUT2D eigenvalue weighted by Gasteiger charge is -2.05. The van der Waals surface area contributed by atoms with Crippen LogP contribution in [0, 0.1) is 10.1 Å². The summed E-state index contributed by atoms with van der Waals surface area (Å²) in [5.74, 6) is -0.126.